The smallest absolute Gasteiger partial charge is 0.311 e. The number of carbonyl (C=O) groups is 1. The van der Waals surface area contributed by atoms with Gasteiger partial charge in [0.2, 0.25) is 0 Å². The fourth-order valence-electron chi connectivity index (χ4n) is 2.67. The van der Waals surface area contributed by atoms with E-state index in [4.69, 9.17) is 9.47 Å². The first-order valence-corrected chi connectivity index (χ1v) is 8.31. The molecule has 0 radical (unpaired) electrons. The number of nitro groups is 1. The van der Waals surface area contributed by atoms with Crippen molar-refractivity contribution in [3.8, 4) is 11.5 Å². The molecule has 3 aromatic carbocycles. The maximum Gasteiger partial charge on any atom is 0.311 e. The lowest BCUT2D eigenvalue weighted by Gasteiger charge is -2.09. The van der Waals surface area contributed by atoms with Gasteiger partial charge in [-0.25, -0.2) is 0 Å². The van der Waals surface area contributed by atoms with Gasteiger partial charge in [0.05, 0.1) is 18.6 Å². The first-order valence-electron chi connectivity index (χ1n) is 8.31. The van der Waals surface area contributed by atoms with E-state index in [-0.39, 0.29) is 30.2 Å². The second-order valence-corrected chi connectivity index (χ2v) is 5.76. The Morgan fingerprint density at radius 2 is 1.85 bits per heavy atom. The molecule has 3 rings (SSSR count). The van der Waals surface area contributed by atoms with Gasteiger partial charge in [-0.05, 0) is 35.0 Å². The Bertz CT molecular complexity index is 987. The number of benzene rings is 3. The molecule has 1 amide bonds. The zero-order valence-electron chi connectivity index (χ0n) is 14.7. The number of carbonyl (C=O) groups excluding carboxylic acids is 1. The monoisotopic (exact) mass is 366 g/mol. The van der Waals surface area contributed by atoms with Crippen LogP contribution in [0.4, 0.5) is 5.69 Å². The number of ether oxygens (including phenoxy) is 2. The zero-order chi connectivity index (χ0) is 19.2. The normalized spacial score (nSPS) is 10.4. The fourth-order valence-corrected chi connectivity index (χ4v) is 2.67. The van der Waals surface area contributed by atoms with Gasteiger partial charge >= 0.3 is 5.69 Å². The van der Waals surface area contributed by atoms with E-state index in [0.717, 1.165) is 10.8 Å². The summed E-state index contributed by atoms with van der Waals surface area (Å²) in [4.78, 5) is 22.6. The van der Waals surface area contributed by atoms with E-state index >= 15 is 0 Å². The van der Waals surface area contributed by atoms with Crippen LogP contribution in [0.2, 0.25) is 0 Å². The molecular formula is C20H18N2O5. The van der Waals surface area contributed by atoms with Crippen LogP contribution in [-0.2, 0) is 0 Å². The molecule has 0 aliphatic rings. The van der Waals surface area contributed by atoms with Crippen molar-refractivity contribution in [1.29, 1.82) is 0 Å². The van der Waals surface area contributed by atoms with Crippen LogP contribution in [0.3, 0.4) is 0 Å². The maximum atomic E-state index is 12.2. The molecule has 0 unspecified atom stereocenters. The van der Waals surface area contributed by atoms with Crippen LogP contribution in [0.5, 0.6) is 11.5 Å². The van der Waals surface area contributed by atoms with Gasteiger partial charge in [0.25, 0.3) is 5.91 Å². The van der Waals surface area contributed by atoms with Crippen LogP contribution in [-0.4, -0.2) is 31.1 Å². The minimum Gasteiger partial charge on any atom is -0.492 e. The fraction of sp³-hybridized carbons (Fsp3) is 0.150. The number of hydrogen-bond acceptors (Lipinski definition) is 5. The van der Waals surface area contributed by atoms with Crippen molar-refractivity contribution in [3.63, 3.8) is 0 Å². The minimum atomic E-state index is -0.585. The predicted octanol–water partition coefficient (Wildman–Crippen LogP) is 3.57. The highest BCUT2D eigenvalue weighted by Gasteiger charge is 2.17. The van der Waals surface area contributed by atoms with Crippen molar-refractivity contribution in [3.05, 3.63) is 76.3 Å². The second-order valence-electron chi connectivity index (χ2n) is 5.76. The molecular weight excluding hydrogens is 348 g/mol. The number of hydrogen-bond donors (Lipinski definition) is 1. The van der Waals surface area contributed by atoms with E-state index in [1.807, 2.05) is 42.5 Å². The van der Waals surface area contributed by atoms with Crippen molar-refractivity contribution in [2.75, 3.05) is 20.3 Å². The highest BCUT2D eigenvalue weighted by Crippen LogP contribution is 2.27. The molecule has 0 bridgehead atoms. The molecule has 1 N–H and O–H groups in total. The van der Waals surface area contributed by atoms with Crippen molar-refractivity contribution < 1.29 is 19.2 Å². The number of rotatable bonds is 7. The van der Waals surface area contributed by atoms with Gasteiger partial charge in [-0.15, -0.1) is 0 Å². The topological polar surface area (TPSA) is 90.7 Å². The molecule has 7 heteroatoms. The molecule has 27 heavy (non-hydrogen) atoms. The van der Waals surface area contributed by atoms with Crippen LogP contribution < -0.4 is 14.8 Å². The third-order valence-electron chi connectivity index (χ3n) is 4.02. The quantitative estimate of drug-likeness (QED) is 0.392. The summed E-state index contributed by atoms with van der Waals surface area (Å²) in [5.41, 5.74) is -0.0641. The molecule has 0 spiro atoms. The summed E-state index contributed by atoms with van der Waals surface area (Å²) in [6, 6.07) is 17.8. The number of fused-ring (bicyclic) bond motifs is 1. The molecule has 138 valence electrons. The van der Waals surface area contributed by atoms with Crippen molar-refractivity contribution in [2.24, 2.45) is 0 Å². The van der Waals surface area contributed by atoms with Gasteiger partial charge in [-0.2, -0.15) is 0 Å². The van der Waals surface area contributed by atoms with Crippen molar-refractivity contribution in [2.45, 2.75) is 0 Å². The van der Waals surface area contributed by atoms with E-state index in [1.165, 1.54) is 25.3 Å². The SMILES string of the molecule is COc1ccc(C(=O)NCCOc2ccc3ccccc3c2)cc1[N+](=O)[O-]. The lowest BCUT2D eigenvalue weighted by Crippen LogP contribution is -2.28. The Hall–Kier alpha value is -3.61. The molecule has 7 nitrogen and oxygen atoms in total. The minimum absolute atomic E-state index is 0.108. The van der Waals surface area contributed by atoms with Gasteiger partial charge in [0.15, 0.2) is 5.75 Å². The molecule has 0 atom stereocenters. The Labute approximate surface area is 155 Å². The lowest BCUT2D eigenvalue weighted by molar-refractivity contribution is -0.385. The van der Waals surface area contributed by atoms with Crippen LogP contribution in [0, 0.1) is 10.1 Å². The van der Waals surface area contributed by atoms with Gasteiger partial charge in [-0.1, -0.05) is 30.3 Å². The Morgan fingerprint density at radius 1 is 1.07 bits per heavy atom. The summed E-state index contributed by atoms with van der Waals surface area (Å²) in [7, 11) is 1.34. The summed E-state index contributed by atoms with van der Waals surface area (Å²) in [6.07, 6.45) is 0. The summed E-state index contributed by atoms with van der Waals surface area (Å²) in [5, 5.41) is 15.9. The van der Waals surface area contributed by atoms with Crippen LogP contribution in [0.1, 0.15) is 10.4 Å². The lowest BCUT2D eigenvalue weighted by atomic mass is 10.1. The molecule has 3 aromatic rings. The Balaban J connectivity index is 1.56. The average molecular weight is 366 g/mol. The molecule has 0 saturated carbocycles. The first kappa shape index (κ1) is 18.2. The maximum absolute atomic E-state index is 12.2. The Morgan fingerprint density at radius 3 is 2.59 bits per heavy atom. The molecule has 0 aliphatic carbocycles. The van der Waals surface area contributed by atoms with Gasteiger partial charge in [0, 0.05) is 11.6 Å². The van der Waals surface area contributed by atoms with Gasteiger partial charge in [0.1, 0.15) is 12.4 Å². The number of nitrogens with zero attached hydrogens (tertiary/aromatic N) is 1. The third-order valence-corrected chi connectivity index (χ3v) is 4.02. The molecule has 0 heterocycles. The van der Waals surface area contributed by atoms with E-state index in [1.54, 1.807) is 0 Å². The summed E-state index contributed by atoms with van der Waals surface area (Å²) in [5.74, 6) is 0.405. The predicted molar refractivity (Wildman–Crippen MR) is 101 cm³/mol. The van der Waals surface area contributed by atoms with Gasteiger partial charge < -0.3 is 14.8 Å². The second kappa shape index (κ2) is 8.18. The number of nitrogens with one attached hydrogen (secondary N) is 1. The summed E-state index contributed by atoms with van der Waals surface area (Å²) in [6.45, 7) is 0.549. The standard InChI is InChI=1S/C20H18N2O5/c1-26-19-9-7-16(13-18(19)22(24)25)20(23)21-10-11-27-17-8-6-14-4-2-3-5-15(14)12-17/h2-9,12-13H,10-11H2,1H3,(H,21,23). The zero-order valence-corrected chi connectivity index (χ0v) is 14.7. The average Bonchev–Trinajstić information content (AvgIpc) is 2.70. The van der Waals surface area contributed by atoms with E-state index < -0.39 is 10.8 Å². The highest BCUT2D eigenvalue weighted by atomic mass is 16.6. The van der Waals surface area contributed by atoms with E-state index in [9.17, 15) is 14.9 Å². The summed E-state index contributed by atoms with van der Waals surface area (Å²) >= 11 is 0. The van der Waals surface area contributed by atoms with E-state index in [0.29, 0.717) is 5.75 Å². The molecule has 0 aromatic heterocycles. The van der Waals surface area contributed by atoms with Gasteiger partial charge in [-0.3, -0.25) is 14.9 Å². The number of nitro benzene ring substituents is 1. The third kappa shape index (κ3) is 4.33. The molecule has 0 saturated heterocycles. The molecule has 0 aliphatic heterocycles. The van der Waals surface area contributed by atoms with E-state index in [2.05, 4.69) is 5.32 Å². The number of methoxy groups -OCH3 is 1. The highest BCUT2D eigenvalue weighted by molar-refractivity contribution is 5.95. The van der Waals surface area contributed by atoms with Crippen LogP contribution >= 0.6 is 0 Å². The Kier molecular flexibility index (Phi) is 5.51. The van der Waals surface area contributed by atoms with Crippen molar-refractivity contribution in [1.82, 2.24) is 5.32 Å². The van der Waals surface area contributed by atoms with Crippen LogP contribution in [0.15, 0.2) is 60.7 Å². The first-order chi connectivity index (χ1) is 13.1. The summed E-state index contributed by atoms with van der Waals surface area (Å²) < 4.78 is 10.6. The number of amides is 1. The molecule has 0 fully saturated rings. The van der Waals surface area contributed by atoms with Crippen LogP contribution in [0.25, 0.3) is 10.8 Å². The van der Waals surface area contributed by atoms with Crippen molar-refractivity contribution >= 4 is 22.4 Å². The largest absolute Gasteiger partial charge is 0.492 e.